The minimum atomic E-state index is 0. The summed E-state index contributed by atoms with van der Waals surface area (Å²) in [6.45, 7) is 0. The average Bonchev–Trinajstić information content (AvgIpc) is 1.00. The molecule has 0 bridgehead atoms. The van der Waals surface area contributed by atoms with Crippen LogP contribution < -0.4 is 0 Å². The van der Waals surface area contributed by atoms with Crippen LogP contribution in [0.4, 0.5) is 0 Å². The van der Waals surface area contributed by atoms with Crippen LogP contribution in [0.2, 0.25) is 0 Å². The van der Waals surface area contributed by atoms with E-state index in [1.165, 1.54) is 0 Å². The molecule has 0 amide bonds. The maximum atomic E-state index is 8.26. The van der Waals surface area contributed by atoms with Gasteiger partial charge in [0.15, 0.2) is 0 Å². The van der Waals surface area contributed by atoms with Crippen molar-refractivity contribution in [2.24, 2.45) is 0 Å². The summed E-state index contributed by atoms with van der Waals surface area (Å²) in [6, 6.07) is 0. The molecule has 4 heavy (non-hydrogen) atoms. The molecule has 0 saturated heterocycles. The Hall–Kier alpha value is 2.20. The van der Waals surface area contributed by atoms with Crippen LogP contribution >= 0.6 is 0 Å². The molecule has 0 spiro atoms. The minimum Gasteiger partial charge on any atom is 0 e. The molecule has 4 heteroatoms. The van der Waals surface area contributed by atoms with Crippen molar-refractivity contribution in [2.75, 3.05) is 0 Å². The van der Waals surface area contributed by atoms with Crippen molar-refractivity contribution in [3.63, 3.8) is 0 Å². The van der Waals surface area contributed by atoms with Crippen molar-refractivity contribution in [1.82, 2.24) is 0 Å². The molecule has 18 valence electrons. The van der Waals surface area contributed by atoms with Crippen LogP contribution in [0.25, 0.3) is 0 Å². The number of rotatable bonds is 0. The third-order valence-electron chi connectivity index (χ3n) is 0. The van der Waals surface area contributed by atoms with Crippen molar-refractivity contribution in [1.29, 1.82) is 0 Å². The van der Waals surface area contributed by atoms with Gasteiger partial charge in [-0.2, -0.15) is 0 Å². The SMILES string of the molecule is [NaH].[O]=[Mo].[Ti]. The fourth-order valence-corrected chi connectivity index (χ4v) is 0. The summed E-state index contributed by atoms with van der Waals surface area (Å²) in [7, 11) is 0. The third kappa shape index (κ3) is 8.88. The summed E-state index contributed by atoms with van der Waals surface area (Å²) in [4.78, 5) is 0. The molecule has 0 aromatic carbocycles. The van der Waals surface area contributed by atoms with Gasteiger partial charge in [0, 0.05) is 21.7 Å². The molecule has 0 aliphatic heterocycles. The second kappa shape index (κ2) is 18.9. The monoisotopic (exact) mass is 186 g/mol. The van der Waals surface area contributed by atoms with Crippen molar-refractivity contribution < 1.29 is 44.9 Å². The van der Waals surface area contributed by atoms with E-state index in [0.717, 1.165) is 0 Å². The van der Waals surface area contributed by atoms with E-state index in [9.17, 15) is 0 Å². The first-order valence-corrected chi connectivity index (χ1v) is 0.986. The summed E-state index contributed by atoms with van der Waals surface area (Å²) in [6.07, 6.45) is 0. The normalized spacial score (nSPS) is 1.00. The van der Waals surface area contributed by atoms with Crippen LogP contribution in [0.5, 0.6) is 0 Å². The van der Waals surface area contributed by atoms with Gasteiger partial charge in [0.2, 0.25) is 0 Å². The van der Waals surface area contributed by atoms with Gasteiger partial charge in [-0.3, -0.25) is 0 Å². The first kappa shape index (κ1) is 16.4. The predicted octanol–water partition coefficient (Wildman–Crippen LogP) is -0.772. The Morgan fingerprint density at radius 2 is 1.25 bits per heavy atom. The third-order valence-corrected chi connectivity index (χ3v) is 0. The van der Waals surface area contributed by atoms with E-state index in [0.29, 0.717) is 19.8 Å². The zero-order valence-electron chi connectivity index (χ0n) is 1.32. The Morgan fingerprint density at radius 1 is 1.25 bits per heavy atom. The van der Waals surface area contributed by atoms with Gasteiger partial charge in [0.05, 0.1) is 0 Å². The van der Waals surface area contributed by atoms with E-state index < -0.39 is 0 Å². The van der Waals surface area contributed by atoms with Crippen LogP contribution in [0.1, 0.15) is 0 Å². The van der Waals surface area contributed by atoms with E-state index in [4.69, 9.17) is 3.40 Å². The topological polar surface area (TPSA) is 17.1 Å². The van der Waals surface area contributed by atoms with Crippen LogP contribution in [-0.4, -0.2) is 29.6 Å². The smallest absolute Gasteiger partial charge is 0 e. The van der Waals surface area contributed by atoms with E-state index in [1.807, 2.05) is 0 Å². The number of hydrogen-bond donors (Lipinski definition) is 0. The van der Waals surface area contributed by atoms with Crippen LogP contribution in [0.15, 0.2) is 0 Å². The van der Waals surface area contributed by atoms with Gasteiger partial charge in [-0.05, 0) is 0 Å². The molecule has 0 saturated carbocycles. The van der Waals surface area contributed by atoms with Gasteiger partial charge in [-0.1, -0.05) is 0 Å². The Bertz CT molecular complexity index is 8.00. The summed E-state index contributed by atoms with van der Waals surface area (Å²) >= 11 is 0.700. The zero-order chi connectivity index (χ0) is 2.00. The van der Waals surface area contributed by atoms with E-state index in [2.05, 4.69) is 0 Å². The second-order valence-corrected chi connectivity index (χ2v) is 0. The Balaban J connectivity index is -0.00000000500. The fourth-order valence-electron chi connectivity index (χ4n) is 0. The van der Waals surface area contributed by atoms with Gasteiger partial charge < -0.3 is 0 Å². The average molecular weight is 184 g/mol. The molecule has 1 nitrogen and oxygen atoms in total. The molecular formula is HMoNaOTi. The van der Waals surface area contributed by atoms with E-state index >= 15 is 0 Å². The molecule has 0 fully saturated rings. The Labute approximate surface area is 73.3 Å². The molecule has 0 aromatic rings. The van der Waals surface area contributed by atoms with Gasteiger partial charge in [0.25, 0.3) is 0 Å². The molecule has 0 aromatic heterocycles. The molecule has 0 unspecified atom stereocenters. The van der Waals surface area contributed by atoms with Gasteiger partial charge in [0.1, 0.15) is 0 Å². The molecule has 0 atom stereocenters. The van der Waals surface area contributed by atoms with Crippen molar-refractivity contribution in [2.45, 2.75) is 0 Å². The van der Waals surface area contributed by atoms with Crippen molar-refractivity contribution in [3.8, 4) is 0 Å². The van der Waals surface area contributed by atoms with Gasteiger partial charge in [-0.15, -0.1) is 0 Å². The maximum Gasteiger partial charge on any atom is 0 e. The van der Waals surface area contributed by atoms with E-state index in [-0.39, 0.29) is 51.3 Å². The standard InChI is InChI=1S/Mo.Na.O.Ti.H. The predicted molar refractivity (Wildman–Crippen MR) is 7.84 cm³/mol. The molecule has 0 heterocycles. The summed E-state index contributed by atoms with van der Waals surface area (Å²) in [5.41, 5.74) is 0. The minimum absolute atomic E-state index is 0. The molecule has 0 aliphatic carbocycles. The van der Waals surface area contributed by atoms with Crippen LogP contribution in [0.3, 0.4) is 0 Å². The van der Waals surface area contributed by atoms with Crippen molar-refractivity contribution >= 4 is 29.6 Å². The van der Waals surface area contributed by atoms with Gasteiger partial charge in [-0.25, -0.2) is 0 Å². The maximum absolute atomic E-state index is 8.26. The largest absolute Gasteiger partial charge is 0 e. The first-order chi connectivity index (χ1) is 1.00. The van der Waals surface area contributed by atoms with Crippen LogP contribution in [-0.2, 0) is 44.9 Å². The second-order valence-electron chi connectivity index (χ2n) is 0. The van der Waals surface area contributed by atoms with Crippen molar-refractivity contribution in [3.05, 3.63) is 0 Å². The molecule has 0 aliphatic rings. The Kier molecular flexibility index (Phi) is 77.5. The summed E-state index contributed by atoms with van der Waals surface area (Å²) < 4.78 is 8.26. The summed E-state index contributed by atoms with van der Waals surface area (Å²) in [5.74, 6) is 0. The molecule has 0 rings (SSSR count). The Morgan fingerprint density at radius 3 is 1.25 bits per heavy atom. The molecule has 0 radical (unpaired) electrons. The first-order valence-electron chi connectivity index (χ1n) is 0.167. The quantitative estimate of drug-likeness (QED) is 0.451. The molecular weight excluding hydrogens is 183 g/mol. The van der Waals surface area contributed by atoms with Gasteiger partial charge >= 0.3 is 52.7 Å². The fraction of sp³-hybridized carbons (Fsp3) is 0. The zero-order valence-corrected chi connectivity index (χ0v) is 4.89. The number of hydrogen-bond acceptors (Lipinski definition) is 1. The van der Waals surface area contributed by atoms with Crippen LogP contribution in [0, 0.1) is 0 Å². The summed E-state index contributed by atoms with van der Waals surface area (Å²) in [5, 5.41) is 0. The van der Waals surface area contributed by atoms with E-state index in [1.54, 1.807) is 0 Å². The molecule has 0 N–H and O–H groups in total.